The van der Waals surface area contributed by atoms with Gasteiger partial charge in [-0.1, -0.05) is 13.8 Å². The lowest BCUT2D eigenvalue weighted by molar-refractivity contribution is 1.00. The zero-order chi connectivity index (χ0) is 8.85. The van der Waals surface area contributed by atoms with E-state index in [-0.39, 0.29) is 11.9 Å². The van der Waals surface area contributed by atoms with Crippen LogP contribution >= 0.6 is 0 Å². The summed E-state index contributed by atoms with van der Waals surface area (Å²) in [5.41, 5.74) is 10.4. The number of aryl methyl sites for hydroxylation is 1. The van der Waals surface area contributed by atoms with Crippen LogP contribution in [0.25, 0.3) is 0 Å². The third kappa shape index (κ3) is 3.34. The molecule has 0 saturated carbocycles. The fraction of sp³-hybridized carbons (Fsp3) is 0.500. The van der Waals surface area contributed by atoms with Crippen molar-refractivity contribution in [1.29, 1.82) is 0 Å². The van der Waals surface area contributed by atoms with Crippen molar-refractivity contribution in [3.8, 4) is 0 Å². The Morgan fingerprint density at radius 3 is 1.55 bits per heavy atom. The molecule has 0 fully saturated rings. The van der Waals surface area contributed by atoms with E-state index in [0.717, 1.165) is 0 Å². The minimum absolute atomic E-state index is 0.167. The van der Waals surface area contributed by atoms with E-state index in [2.05, 4.69) is 15.0 Å². The largest absolute Gasteiger partial charge is 0.368 e. The lowest BCUT2D eigenvalue weighted by atomic mass is 10.7. The summed E-state index contributed by atoms with van der Waals surface area (Å²) in [6, 6.07) is 0. The maximum Gasteiger partial charge on any atom is 0.225 e. The lowest BCUT2D eigenvalue weighted by Crippen LogP contribution is -2.03. The highest BCUT2D eigenvalue weighted by Crippen LogP contribution is 1.94. The Morgan fingerprint density at radius 2 is 1.27 bits per heavy atom. The summed E-state index contributed by atoms with van der Waals surface area (Å²) in [6.07, 6.45) is 0. The Morgan fingerprint density at radius 1 is 0.909 bits per heavy atom. The second kappa shape index (κ2) is 4.43. The SMILES string of the molecule is CC.Cc1nc(N)nc(N)n1. The van der Waals surface area contributed by atoms with Gasteiger partial charge in [0, 0.05) is 0 Å². The zero-order valence-corrected chi connectivity index (χ0v) is 7.00. The molecule has 1 heterocycles. The predicted octanol–water partition coefficient (Wildman–Crippen LogP) is 0.371. The van der Waals surface area contributed by atoms with Crippen LogP contribution in [0.3, 0.4) is 0 Å². The second-order valence-electron chi connectivity index (χ2n) is 1.60. The molecule has 1 aromatic rings. The van der Waals surface area contributed by atoms with Crippen molar-refractivity contribution < 1.29 is 0 Å². The van der Waals surface area contributed by atoms with E-state index < -0.39 is 0 Å². The summed E-state index contributed by atoms with van der Waals surface area (Å²) in [4.78, 5) is 11.0. The van der Waals surface area contributed by atoms with Gasteiger partial charge in [-0.25, -0.2) is 0 Å². The normalized spacial score (nSPS) is 8.27. The quantitative estimate of drug-likeness (QED) is 0.564. The van der Waals surface area contributed by atoms with Crippen LogP contribution in [-0.4, -0.2) is 15.0 Å². The standard InChI is InChI=1S/C4H7N5.C2H6/c1-2-7-3(5)9-4(6)8-2;1-2/h1H3,(H4,5,6,7,8,9);1-2H3. The van der Waals surface area contributed by atoms with E-state index in [4.69, 9.17) is 11.5 Å². The van der Waals surface area contributed by atoms with E-state index in [0.29, 0.717) is 5.82 Å². The fourth-order valence-corrected chi connectivity index (χ4v) is 0.524. The molecule has 0 radical (unpaired) electrons. The van der Waals surface area contributed by atoms with Gasteiger partial charge in [-0.15, -0.1) is 0 Å². The smallest absolute Gasteiger partial charge is 0.225 e. The second-order valence-corrected chi connectivity index (χ2v) is 1.60. The summed E-state index contributed by atoms with van der Waals surface area (Å²) < 4.78 is 0. The molecule has 1 aromatic heterocycles. The van der Waals surface area contributed by atoms with E-state index in [1.165, 1.54) is 0 Å². The Balaban J connectivity index is 0.000000461. The molecule has 0 atom stereocenters. The van der Waals surface area contributed by atoms with Crippen LogP contribution in [0, 0.1) is 6.92 Å². The highest BCUT2D eigenvalue weighted by molar-refractivity contribution is 5.25. The molecule has 4 N–H and O–H groups in total. The molecule has 0 aliphatic carbocycles. The third-order valence-corrected chi connectivity index (χ3v) is 0.782. The Hall–Kier alpha value is -1.39. The Kier molecular flexibility index (Phi) is 3.87. The highest BCUT2D eigenvalue weighted by Gasteiger charge is 1.93. The first-order chi connectivity index (χ1) is 5.18. The van der Waals surface area contributed by atoms with Crippen LogP contribution in [0.5, 0.6) is 0 Å². The molecule has 0 unspecified atom stereocenters. The monoisotopic (exact) mass is 155 g/mol. The van der Waals surface area contributed by atoms with Crippen molar-refractivity contribution in [2.24, 2.45) is 0 Å². The summed E-state index contributed by atoms with van der Waals surface area (Å²) in [5, 5.41) is 0. The van der Waals surface area contributed by atoms with Gasteiger partial charge in [-0.3, -0.25) is 0 Å². The lowest BCUT2D eigenvalue weighted by Gasteiger charge is -1.93. The number of nitrogen functional groups attached to an aromatic ring is 2. The van der Waals surface area contributed by atoms with Crippen molar-refractivity contribution in [2.75, 3.05) is 11.5 Å². The van der Waals surface area contributed by atoms with E-state index in [9.17, 15) is 0 Å². The molecule has 0 saturated heterocycles. The summed E-state index contributed by atoms with van der Waals surface area (Å²) in [7, 11) is 0. The molecular weight excluding hydrogens is 142 g/mol. The molecule has 11 heavy (non-hydrogen) atoms. The Bertz CT molecular complexity index is 172. The summed E-state index contributed by atoms with van der Waals surface area (Å²) in [5.74, 6) is 0.875. The van der Waals surface area contributed by atoms with Gasteiger partial charge < -0.3 is 11.5 Å². The van der Waals surface area contributed by atoms with Crippen LogP contribution in [0.4, 0.5) is 11.9 Å². The topological polar surface area (TPSA) is 90.7 Å². The number of hydrogen-bond donors (Lipinski definition) is 2. The first kappa shape index (κ1) is 9.61. The highest BCUT2D eigenvalue weighted by atomic mass is 15.1. The minimum atomic E-state index is 0.167. The average Bonchev–Trinajstić information content (AvgIpc) is 1.88. The van der Waals surface area contributed by atoms with E-state index >= 15 is 0 Å². The molecule has 1 rings (SSSR count). The minimum Gasteiger partial charge on any atom is -0.368 e. The van der Waals surface area contributed by atoms with Crippen LogP contribution in [0.2, 0.25) is 0 Å². The molecule has 0 spiro atoms. The molecule has 0 amide bonds. The maximum absolute atomic E-state index is 5.22. The molecule has 0 aliphatic rings. The Labute approximate surface area is 65.9 Å². The van der Waals surface area contributed by atoms with Gasteiger partial charge in [0.2, 0.25) is 11.9 Å². The van der Waals surface area contributed by atoms with Crippen molar-refractivity contribution >= 4 is 11.9 Å². The van der Waals surface area contributed by atoms with Crippen molar-refractivity contribution in [2.45, 2.75) is 20.8 Å². The zero-order valence-electron chi connectivity index (χ0n) is 7.00. The molecular formula is C6H13N5. The number of hydrogen-bond acceptors (Lipinski definition) is 5. The summed E-state index contributed by atoms with van der Waals surface area (Å²) >= 11 is 0. The average molecular weight is 155 g/mol. The van der Waals surface area contributed by atoms with Crippen LogP contribution in [0.1, 0.15) is 19.7 Å². The molecule has 5 heteroatoms. The van der Waals surface area contributed by atoms with Crippen molar-refractivity contribution in [1.82, 2.24) is 15.0 Å². The van der Waals surface area contributed by atoms with Crippen molar-refractivity contribution in [3.63, 3.8) is 0 Å². The molecule has 0 aromatic carbocycles. The number of nitrogens with zero attached hydrogens (tertiary/aromatic N) is 3. The van der Waals surface area contributed by atoms with Crippen LogP contribution in [0.15, 0.2) is 0 Å². The number of anilines is 2. The van der Waals surface area contributed by atoms with Gasteiger partial charge >= 0.3 is 0 Å². The van der Waals surface area contributed by atoms with Gasteiger partial charge in [0.15, 0.2) is 0 Å². The first-order valence-electron chi connectivity index (χ1n) is 3.42. The molecule has 0 aliphatic heterocycles. The van der Waals surface area contributed by atoms with Gasteiger partial charge in [0.25, 0.3) is 0 Å². The number of rotatable bonds is 0. The first-order valence-corrected chi connectivity index (χ1v) is 3.42. The van der Waals surface area contributed by atoms with Crippen LogP contribution in [-0.2, 0) is 0 Å². The van der Waals surface area contributed by atoms with Crippen LogP contribution < -0.4 is 11.5 Å². The summed E-state index contributed by atoms with van der Waals surface area (Å²) in [6.45, 7) is 5.70. The molecule has 62 valence electrons. The predicted molar refractivity (Wildman–Crippen MR) is 44.7 cm³/mol. The molecule has 0 bridgehead atoms. The number of nitrogens with two attached hydrogens (primary N) is 2. The van der Waals surface area contributed by atoms with E-state index in [1.807, 2.05) is 13.8 Å². The number of aromatic nitrogens is 3. The fourth-order valence-electron chi connectivity index (χ4n) is 0.524. The van der Waals surface area contributed by atoms with Gasteiger partial charge in [0.1, 0.15) is 5.82 Å². The van der Waals surface area contributed by atoms with Gasteiger partial charge in [-0.2, -0.15) is 15.0 Å². The maximum atomic E-state index is 5.22. The molecule has 5 nitrogen and oxygen atoms in total. The van der Waals surface area contributed by atoms with Gasteiger partial charge in [0.05, 0.1) is 0 Å². The third-order valence-electron chi connectivity index (χ3n) is 0.782. The van der Waals surface area contributed by atoms with Gasteiger partial charge in [-0.05, 0) is 6.92 Å². The van der Waals surface area contributed by atoms with Crippen molar-refractivity contribution in [3.05, 3.63) is 5.82 Å². The van der Waals surface area contributed by atoms with E-state index in [1.54, 1.807) is 6.92 Å².